The highest BCUT2D eigenvalue weighted by atomic mass is 32.2. The molecule has 1 heterocycles. The van der Waals surface area contributed by atoms with E-state index in [1.807, 2.05) is 13.0 Å². The Labute approximate surface area is 139 Å². The van der Waals surface area contributed by atoms with E-state index < -0.39 is 10.8 Å². The molecule has 1 aliphatic rings. The summed E-state index contributed by atoms with van der Waals surface area (Å²) in [6.45, 7) is 4.69. The Balaban J connectivity index is 1.81. The maximum absolute atomic E-state index is 12.1. The Hall–Kier alpha value is -0.880. The van der Waals surface area contributed by atoms with E-state index in [-0.39, 0.29) is 17.3 Å². The summed E-state index contributed by atoms with van der Waals surface area (Å²) in [6.07, 6.45) is 4.11. The predicted molar refractivity (Wildman–Crippen MR) is 94.0 cm³/mol. The molecular formula is C16H26N2O2S2. The lowest BCUT2D eigenvalue weighted by Crippen LogP contribution is -2.50. The molecule has 124 valence electrons. The van der Waals surface area contributed by atoms with E-state index in [4.69, 9.17) is 0 Å². The number of carbonyl (C=O) groups excluding carboxylic acids is 1. The molecule has 0 unspecified atom stereocenters. The van der Waals surface area contributed by atoms with Gasteiger partial charge < -0.3 is 10.6 Å². The Bertz CT molecular complexity index is 490. The molecule has 0 spiro atoms. The van der Waals surface area contributed by atoms with Gasteiger partial charge in [0.1, 0.15) is 0 Å². The average molecular weight is 343 g/mol. The van der Waals surface area contributed by atoms with Gasteiger partial charge in [-0.2, -0.15) is 0 Å². The maximum atomic E-state index is 12.1. The summed E-state index contributed by atoms with van der Waals surface area (Å²) < 4.78 is 12.1. The van der Waals surface area contributed by atoms with Crippen molar-refractivity contribution in [3.63, 3.8) is 0 Å². The minimum absolute atomic E-state index is 0.0478. The molecule has 1 aromatic heterocycles. The van der Waals surface area contributed by atoms with E-state index in [0.717, 1.165) is 25.7 Å². The van der Waals surface area contributed by atoms with Crippen LogP contribution in [-0.2, 0) is 10.8 Å². The van der Waals surface area contributed by atoms with E-state index in [9.17, 15) is 9.00 Å². The van der Waals surface area contributed by atoms with E-state index >= 15 is 0 Å². The van der Waals surface area contributed by atoms with Crippen molar-refractivity contribution >= 4 is 28.2 Å². The van der Waals surface area contributed by atoms with Crippen LogP contribution in [0.1, 0.15) is 50.3 Å². The third kappa shape index (κ3) is 4.81. The fourth-order valence-corrected chi connectivity index (χ4v) is 5.14. The molecule has 0 radical (unpaired) electrons. The van der Waals surface area contributed by atoms with E-state index in [1.165, 1.54) is 4.88 Å². The number of nitrogens with one attached hydrogen (secondary N) is 2. The van der Waals surface area contributed by atoms with Gasteiger partial charge in [-0.05, 0) is 24.3 Å². The van der Waals surface area contributed by atoms with Gasteiger partial charge in [0, 0.05) is 39.9 Å². The molecule has 1 aromatic rings. The number of urea groups is 1. The number of carbonyl (C=O) groups is 1. The second kappa shape index (κ2) is 8.67. The van der Waals surface area contributed by atoms with Gasteiger partial charge in [-0.15, -0.1) is 11.3 Å². The van der Waals surface area contributed by atoms with Gasteiger partial charge >= 0.3 is 6.03 Å². The van der Waals surface area contributed by atoms with Crippen LogP contribution in [0.5, 0.6) is 0 Å². The third-order valence-corrected chi connectivity index (χ3v) is 7.15. The van der Waals surface area contributed by atoms with Crippen molar-refractivity contribution in [2.75, 3.05) is 12.3 Å². The van der Waals surface area contributed by atoms with E-state index in [0.29, 0.717) is 18.2 Å². The number of hydrogen-bond acceptors (Lipinski definition) is 3. The van der Waals surface area contributed by atoms with E-state index in [1.54, 1.807) is 11.3 Å². The fourth-order valence-electron chi connectivity index (χ4n) is 2.93. The van der Waals surface area contributed by atoms with Crippen molar-refractivity contribution in [1.29, 1.82) is 0 Å². The second-order valence-corrected chi connectivity index (χ2v) is 8.79. The summed E-state index contributed by atoms with van der Waals surface area (Å²) in [5.41, 5.74) is 0. The maximum Gasteiger partial charge on any atom is 0.315 e. The highest BCUT2D eigenvalue weighted by Crippen LogP contribution is 2.23. The number of thiophene rings is 1. The van der Waals surface area contributed by atoms with Crippen LogP contribution in [0, 0.1) is 0 Å². The molecule has 6 heteroatoms. The molecule has 1 aliphatic carbocycles. The summed E-state index contributed by atoms with van der Waals surface area (Å²) in [6, 6.07) is 4.04. The molecule has 1 fully saturated rings. The van der Waals surface area contributed by atoms with Crippen LogP contribution in [0.3, 0.4) is 0 Å². The van der Waals surface area contributed by atoms with Crippen LogP contribution < -0.4 is 10.6 Å². The summed E-state index contributed by atoms with van der Waals surface area (Å²) in [5, 5.41) is 8.16. The molecular weight excluding hydrogens is 316 g/mol. The Morgan fingerprint density at radius 1 is 1.45 bits per heavy atom. The molecule has 1 saturated carbocycles. The number of hydrogen-bond donors (Lipinski definition) is 2. The average Bonchev–Trinajstić information content (AvgIpc) is 3.07. The van der Waals surface area contributed by atoms with Gasteiger partial charge in [0.15, 0.2) is 0 Å². The topological polar surface area (TPSA) is 58.2 Å². The van der Waals surface area contributed by atoms with Crippen LogP contribution >= 0.6 is 11.3 Å². The molecule has 4 nitrogen and oxygen atoms in total. The van der Waals surface area contributed by atoms with Gasteiger partial charge in [0.05, 0.1) is 5.25 Å². The minimum atomic E-state index is -0.838. The summed E-state index contributed by atoms with van der Waals surface area (Å²) in [4.78, 5) is 13.4. The lowest BCUT2D eigenvalue weighted by Gasteiger charge is -2.31. The van der Waals surface area contributed by atoms with Gasteiger partial charge in [-0.25, -0.2) is 4.79 Å². The molecule has 4 atom stereocenters. The van der Waals surface area contributed by atoms with Gasteiger partial charge in [0.2, 0.25) is 0 Å². The van der Waals surface area contributed by atoms with Crippen molar-refractivity contribution in [3.8, 4) is 0 Å². The Kier molecular flexibility index (Phi) is 6.89. The van der Waals surface area contributed by atoms with E-state index in [2.05, 4.69) is 29.0 Å². The fraction of sp³-hybridized carbons (Fsp3) is 0.688. The monoisotopic (exact) mass is 342 g/mol. The summed E-state index contributed by atoms with van der Waals surface area (Å²) >= 11 is 1.71. The van der Waals surface area contributed by atoms with Crippen LogP contribution in [0.25, 0.3) is 0 Å². The zero-order chi connectivity index (χ0) is 15.9. The normalized spacial score (nSPS) is 24.5. The molecule has 2 amide bonds. The minimum Gasteiger partial charge on any atom is -0.338 e. The molecule has 0 aliphatic heterocycles. The standard InChI is InChI=1S/C16H26N2O2S2/c1-3-22(20)15-9-5-4-7-13(15)18-16(19)17-11-12(2)14-8-6-10-21-14/h6,8,10,12-13,15H,3-5,7,9,11H2,1-2H3,(H2,17,18,19)/t12-,13+,15+,22-/m0/s1. The summed E-state index contributed by atoms with van der Waals surface area (Å²) in [7, 11) is -0.838. The quantitative estimate of drug-likeness (QED) is 0.834. The first-order chi connectivity index (χ1) is 10.6. The lowest BCUT2D eigenvalue weighted by molar-refractivity contribution is 0.232. The molecule has 2 N–H and O–H groups in total. The SMILES string of the molecule is CC[S@](=O)[C@@H]1CCCC[C@H]1NC(=O)NC[C@H](C)c1cccs1. The first-order valence-corrected chi connectivity index (χ1v) is 10.3. The summed E-state index contributed by atoms with van der Waals surface area (Å²) in [5.74, 6) is 0.984. The highest BCUT2D eigenvalue weighted by molar-refractivity contribution is 7.85. The van der Waals surface area contributed by atoms with Crippen LogP contribution in [0.2, 0.25) is 0 Å². The molecule has 22 heavy (non-hydrogen) atoms. The lowest BCUT2D eigenvalue weighted by atomic mass is 9.95. The number of amides is 2. The Morgan fingerprint density at radius 2 is 2.23 bits per heavy atom. The van der Waals surface area contributed by atoms with Crippen LogP contribution in [0.15, 0.2) is 17.5 Å². The largest absolute Gasteiger partial charge is 0.338 e. The van der Waals surface area contributed by atoms with Crippen molar-refractivity contribution in [1.82, 2.24) is 10.6 Å². The highest BCUT2D eigenvalue weighted by Gasteiger charge is 2.30. The zero-order valence-corrected chi connectivity index (χ0v) is 15.0. The molecule has 0 aromatic carbocycles. The molecule has 2 rings (SSSR count). The molecule has 0 bridgehead atoms. The van der Waals surface area contributed by atoms with Gasteiger partial charge in [-0.3, -0.25) is 4.21 Å². The number of rotatable bonds is 6. The zero-order valence-electron chi connectivity index (χ0n) is 13.3. The third-order valence-electron chi connectivity index (χ3n) is 4.24. The smallest absolute Gasteiger partial charge is 0.315 e. The first kappa shape index (κ1) is 17.5. The second-order valence-electron chi connectivity index (χ2n) is 5.87. The van der Waals surface area contributed by atoms with Crippen molar-refractivity contribution < 1.29 is 9.00 Å². The van der Waals surface area contributed by atoms with Gasteiger partial charge in [-0.1, -0.05) is 32.8 Å². The van der Waals surface area contributed by atoms with Crippen molar-refractivity contribution in [2.24, 2.45) is 0 Å². The molecule has 0 saturated heterocycles. The predicted octanol–water partition coefficient (Wildman–Crippen LogP) is 3.23. The van der Waals surface area contributed by atoms with Crippen molar-refractivity contribution in [2.45, 2.75) is 56.7 Å². The van der Waals surface area contributed by atoms with Crippen LogP contribution in [0.4, 0.5) is 4.79 Å². The first-order valence-electron chi connectivity index (χ1n) is 8.06. The van der Waals surface area contributed by atoms with Gasteiger partial charge in [0.25, 0.3) is 0 Å². The van der Waals surface area contributed by atoms with Crippen molar-refractivity contribution in [3.05, 3.63) is 22.4 Å². The Morgan fingerprint density at radius 3 is 2.91 bits per heavy atom. The van der Waals surface area contributed by atoms with Crippen LogP contribution in [-0.4, -0.2) is 33.8 Å².